The molecule has 1 unspecified atom stereocenters. The Labute approximate surface area is 110 Å². The topological polar surface area (TPSA) is 91.5 Å². The van der Waals surface area contributed by atoms with Gasteiger partial charge < -0.3 is 15.1 Å². The second-order valence-corrected chi connectivity index (χ2v) is 5.16. The number of aliphatic hydroxyl groups is 1. The van der Waals surface area contributed by atoms with Crippen molar-refractivity contribution < 1.29 is 15.0 Å². The number of carbonyl (C=O) groups is 1. The minimum Gasteiger partial charge on any atom is -0.481 e. The van der Waals surface area contributed by atoms with Crippen LogP contribution in [0, 0.1) is 0 Å². The van der Waals surface area contributed by atoms with Crippen molar-refractivity contribution in [2.24, 2.45) is 0 Å². The number of likely N-dealkylation sites (N-methyl/N-ethyl adjacent to an activating group) is 1. The average Bonchev–Trinajstić information content (AvgIpc) is 2.68. The van der Waals surface area contributed by atoms with Crippen LogP contribution in [0.25, 0.3) is 0 Å². The highest BCUT2D eigenvalue weighted by Crippen LogP contribution is 2.22. The summed E-state index contributed by atoms with van der Waals surface area (Å²) in [5.74, 6) is -0.518. The van der Waals surface area contributed by atoms with E-state index in [4.69, 9.17) is 5.11 Å². The van der Waals surface area contributed by atoms with E-state index >= 15 is 0 Å². The predicted octanol–water partition coefficient (Wildman–Crippen LogP) is 0.0697. The van der Waals surface area contributed by atoms with E-state index in [0.29, 0.717) is 11.0 Å². The molecule has 0 amide bonds. The lowest BCUT2D eigenvalue weighted by atomic mass is 10.3. The molecule has 1 heterocycles. The van der Waals surface area contributed by atoms with Gasteiger partial charge in [0.15, 0.2) is 11.0 Å². The van der Waals surface area contributed by atoms with E-state index in [2.05, 4.69) is 10.2 Å². The van der Waals surface area contributed by atoms with Crippen LogP contribution in [-0.4, -0.2) is 62.2 Å². The van der Waals surface area contributed by atoms with Crippen LogP contribution in [0.1, 0.15) is 18.8 Å². The van der Waals surface area contributed by atoms with Crippen molar-refractivity contribution in [2.75, 3.05) is 26.4 Å². The molecule has 1 atom stereocenters. The molecule has 0 aliphatic heterocycles. The minimum atomic E-state index is -0.902. The summed E-state index contributed by atoms with van der Waals surface area (Å²) < 4.78 is 1.79. The zero-order chi connectivity index (χ0) is 13.7. The van der Waals surface area contributed by atoms with Crippen LogP contribution in [0.3, 0.4) is 0 Å². The van der Waals surface area contributed by atoms with Crippen LogP contribution in [0.5, 0.6) is 0 Å². The van der Waals surface area contributed by atoms with Crippen molar-refractivity contribution in [1.82, 2.24) is 19.7 Å². The zero-order valence-electron chi connectivity index (χ0n) is 10.7. The highest BCUT2D eigenvalue weighted by atomic mass is 32.2. The van der Waals surface area contributed by atoms with Gasteiger partial charge >= 0.3 is 5.97 Å². The van der Waals surface area contributed by atoms with E-state index in [1.165, 1.54) is 0 Å². The molecule has 0 aliphatic rings. The maximum absolute atomic E-state index is 10.6. The van der Waals surface area contributed by atoms with E-state index in [1.54, 1.807) is 4.57 Å². The Balaban J connectivity index is 2.90. The number of nitrogens with zero attached hydrogens (tertiary/aromatic N) is 4. The third-order valence-electron chi connectivity index (χ3n) is 2.27. The first-order valence-corrected chi connectivity index (χ1v) is 6.48. The fourth-order valence-corrected chi connectivity index (χ4v) is 2.47. The smallest absolute Gasteiger partial charge is 0.313 e. The molecular weight excluding hydrogens is 256 g/mol. The number of hydrogen-bond donors (Lipinski definition) is 2. The highest BCUT2D eigenvalue weighted by Gasteiger charge is 2.18. The lowest BCUT2D eigenvalue weighted by molar-refractivity contribution is -0.133. The fourth-order valence-electron chi connectivity index (χ4n) is 1.69. The standard InChI is InChI=1S/C10H18N4O3S/c1-7(4-13(2)3)14-8(5-15)11-12-10(14)18-6-9(16)17/h7,15H,4-6H2,1-3H3,(H,16,17). The summed E-state index contributed by atoms with van der Waals surface area (Å²) in [7, 11) is 3.90. The first-order chi connectivity index (χ1) is 8.45. The molecule has 1 aromatic heterocycles. The molecule has 8 heteroatoms. The summed E-state index contributed by atoms with van der Waals surface area (Å²) >= 11 is 1.11. The van der Waals surface area contributed by atoms with Gasteiger partial charge in [-0.15, -0.1) is 10.2 Å². The van der Waals surface area contributed by atoms with Gasteiger partial charge in [0.25, 0.3) is 0 Å². The van der Waals surface area contributed by atoms with Crippen LogP contribution in [-0.2, 0) is 11.4 Å². The van der Waals surface area contributed by atoms with Gasteiger partial charge in [-0.1, -0.05) is 11.8 Å². The minimum absolute atomic E-state index is 0.0634. The Morgan fingerprint density at radius 3 is 2.67 bits per heavy atom. The molecule has 1 rings (SSSR count). The van der Waals surface area contributed by atoms with Gasteiger partial charge in [0.1, 0.15) is 6.61 Å². The highest BCUT2D eigenvalue weighted by molar-refractivity contribution is 7.99. The summed E-state index contributed by atoms with van der Waals surface area (Å²) in [6, 6.07) is 0.0634. The third kappa shape index (κ3) is 3.97. The normalized spacial score (nSPS) is 12.9. The first kappa shape index (κ1) is 14.9. The average molecular weight is 274 g/mol. The summed E-state index contributed by atoms with van der Waals surface area (Å²) in [6.07, 6.45) is 0. The molecule has 0 saturated heterocycles. The van der Waals surface area contributed by atoms with Gasteiger partial charge in [-0.25, -0.2) is 0 Å². The van der Waals surface area contributed by atoms with Crippen LogP contribution >= 0.6 is 11.8 Å². The summed E-state index contributed by atoms with van der Waals surface area (Å²) in [5.41, 5.74) is 0. The summed E-state index contributed by atoms with van der Waals surface area (Å²) in [4.78, 5) is 12.6. The molecule has 18 heavy (non-hydrogen) atoms. The second kappa shape index (κ2) is 6.72. The largest absolute Gasteiger partial charge is 0.481 e. The van der Waals surface area contributed by atoms with Crippen LogP contribution in [0.4, 0.5) is 0 Å². The van der Waals surface area contributed by atoms with E-state index in [0.717, 1.165) is 18.3 Å². The monoisotopic (exact) mass is 274 g/mol. The Morgan fingerprint density at radius 2 is 2.17 bits per heavy atom. The van der Waals surface area contributed by atoms with Gasteiger partial charge in [0.05, 0.1) is 5.75 Å². The SMILES string of the molecule is CC(CN(C)C)n1c(CO)nnc1SCC(=O)O. The molecular formula is C10H18N4O3S. The maximum atomic E-state index is 10.6. The van der Waals surface area contributed by atoms with Gasteiger partial charge in [-0.2, -0.15) is 0 Å². The maximum Gasteiger partial charge on any atom is 0.313 e. The van der Waals surface area contributed by atoms with Crippen molar-refractivity contribution in [3.8, 4) is 0 Å². The molecule has 0 fully saturated rings. The second-order valence-electron chi connectivity index (χ2n) is 4.22. The Morgan fingerprint density at radius 1 is 1.50 bits per heavy atom. The molecule has 1 aromatic rings. The van der Waals surface area contributed by atoms with E-state index in [1.807, 2.05) is 25.9 Å². The number of hydrogen-bond acceptors (Lipinski definition) is 6. The van der Waals surface area contributed by atoms with Gasteiger partial charge in [0, 0.05) is 12.6 Å². The van der Waals surface area contributed by atoms with Crippen LogP contribution < -0.4 is 0 Å². The first-order valence-electron chi connectivity index (χ1n) is 5.49. The number of aliphatic hydroxyl groups excluding tert-OH is 1. The van der Waals surface area contributed by atoms with Gasteiger partial charge in [-0.3, -0.25) is 9.36 Å². The molecule has 0 spiro atoms. The lowest BCUT2D eigenvalue weighted by Crippen LogP contribution is -2.24. The Kier molecular flexibility index (Phi) is 5.57. The molecule has 102 valence electrons. The number of aromatic nitrogens is 3. The van der Waals surface area contributed by atoms with Crippen molar-refractivity contribution in [2.45, 2.75) is 24.7 Å². The molecule has 0 aromatic carbocycles. The number of carboxylic acid groups (broad SMARTS) is 1. The number of aliphatic carboxylic acids is 1. The van der Waals surface area contributed by atoms with Crippen LogP contribution in [0.15, 0.2) is 5.16 Å². The molecule has 0 bridgehead atoms. The Hall–Kier alpha value is -1.12. The van der Waals surface area contributed by atoms with Crippen molar-refractivity contribution in [3.63, 3.8) is 0 Å². The van der Waals surface area contributed by atoms with Crippen molar-refractivity contribution in [1.29, 1.82) is 0 Å². The molecule has 7 nitrogen and oxygen atoms in total. The molecule has 0 saturated carbocycles. The number of carboxylic acids is 1. The summed E-state index contributed by atoms with van der Waals surface area (Å²) in [5, 5.41) is 26.2. The predicted molar refractivity (Wildman–Crippen MR) is 67.6 cm³/mol. The Bertz CT molecular complexity index is 408. The third-order valence-corrected chi connectivity index (χ3v) is 3.20. The van der Waals surface area contributed by atoms with E-state index in [9.17, 15) is 9.90 Å². The lowest BCUT2D eigenvalue weighted by Gasteiger charge is -2.20. The van der Waals surface area contributed by atoms with Gasteiger partial charge in [0.2, 0.25) is 0 Å². The number of thioether (sulfide) groups is 1. The fraction of sp³-hybridized carbons (Fsp3) is 0.700. The molecule has 0 radical (unpaired) electrons. The van der Waals surface area contributed by atoms with Crippen LogP contribution in [0.2, 0.25) is 0 Å². The summed E-state index contributed by atoms with van der Waals surface area (Å²) in [6.45, 7) is 2.53. The molecule has 2 N–H and O–H groups in total. The van der Waals surface area contributed by atoms with E-state index in [-0.39, 0.29) is 18.4 Å². The van der Waals surface area contributed by atoms with Crippen molar-refractivity contribution in [3.05, 3.63) is 5.82 Å². The quantitative estimate of drug-likeness (QED) is 0.680. The number of rotatable bonds is 7. The van der Waals surface area contributed by atoms with E-state index < -0.39 is 5.97 Å². The van der Waals surface area contributed by atoms with Crippen molar-refractivity contribution >= 4 is 17.7 Å². The zero-order valence-corrected chi connectivity index (χ0v) is 11.5. The van der Waals surface area contributed by atoms with Gasteiger partial charge in [-0.05, 0) is 21.0 Å². The molecule has 0 aliphatic carbocycles.